The van der Waals surface area contributed by atoms with E-state index in [-0.39, 0.29) is 52.1 Å². The van der Waals surface area contributed by atoms with Gasteiger partial charge in [-0.3, -0.25) is 0 Å². The number of carbonyl (C=O) groups is 6. The molecule has 22 nitrogen and oxygen atoms in total. The first-order valence-corrected chi connectivity index (χ1v) is 42.6. The molecule has 1 aliphatic rings. The first kappa shape index (κ1) is 100. The summed E-state index contributed by atoms with van der Waals surface area (Å²) in [6, 6.07) is 65.3. The van der Waals surface area contributed by atoms with Crippen LogP contribution in [0, 0.1) is 0 Å². The van der Waals surface area contributed by atoms with E-state index in [9.17, 15) is 77.8 Å². The zero-order valence-electron chi connectivity index (χ0n) is 74.9. The summed E-state index contributed by atoms with van der Waals surface area (Å²) in [6.45, 7) is -0.409. The fourth-order valence-electron chi connectivity index (χ4n) is 15.1. The molecule has 1 aliphatic carbocycles. The van der Waals surface area contributed by atoms with Crippen molar-refractivity contribution in [2.24, 2.45) is 0 Å². The van der Waals surface area contributed by atoms with Gasteiger partial charge >= 0.3 is 68.9 Å². The van der Waals surface area contributed by atoms with E-state index in [2.05, 4.69) is 70.9 Å². The van der Waals surface area contributed by atoms with Crippen molar-refractivity contribution in [3.05, 3.63) is 346 Å². The number of hydrogen-bond acceptors (Lipinski definition) is 16. The number of halogens is 11. The van der Waals surface area contributed by atoms with Crippen molar-refractivity contribution >= 4 is 118 Å². The lowest BCUT2D eigenvalue weighted by Crippen LogP contribution is -2.02. The minimum atomic E-state index is -2.89. The minimum absolute atomic E-state index is 0.0717. The summed E-state index contributed by atoms with van der Waals surface area (Å²) >= 11 is 3.45. The fraction of sp³-hybridized carbons (Fsp3) is 0.173. The van der Waals surface area contributed by atoms with Crippen molar-refractivity contribution in [3.8, 4) is 57.2 Å². The number of methoxy groups -OCH3 is 5. The number of benzene rings is 11. The molecule has 708 valence electrons. The Labute approximate surface area is 786 Å². The number of carboxylic acids is 1. The summed E-state index contributed by atoms with van der Waals surface area (Å²) in [5, 5.41) is 13.4. The molecule has 1 N–H and O–H groups in total. The molecule has 5 heterocycles. The number of alkyl halides is 10. The molecule has 0 saturated heterocycles. The first-order chi connectivity index (χ1) is 65.5. The highest BCUT2D eigenvalue weighted by molar-refractivity contribution is 9.10. The van der Waals surface area contributed by atoms with E-state index in [0.717, 1.165) is 93.2 Å². The predicted molar refractivity (Wildman–Crippen MR) is 503 cm³/mol. The second-order valence-electron chi connectivity index (χ2n) is 30.8. The van der Waals surface area contributed by atoms with Gasteiger partial charge in [-0.15, -0.1) is 0 Å². The van der Waals surface area contributed by atoms with Gasteiger partial charge < -0.3 is 75.3 Å². The van der Waals surface area contributed by atoms with Crippen LogP contribution in [0.3, 0.4) is 0 Å². The van der Waals surface area contributed by atoms with Crippen molar-refractivity contribution < 1.29 is 125 Å². The SMILES string of the molecule is C=C(C)c1cn(-c2cccc(OC(F)F)c2)c2ccc(C(=O)OC)cc12.CC(C)c1cn(-c2cccc(OC(F)F)c2)c2ccc(C(=O)O)cc12.COC(=O)c1ccc2c(c1)C=CC2.COC(=O)c1ccc2c(c1)c(Br)cn2-c1cccc(OC(F)F)c1.COC(=O)c1ccc2c(c1)c(C(C)C)cn2-c1cccc(OC(F)F)c1.COC(=O)c1ccc2c(ccn2-c2cccc(OC(F)F)c2)c1. The topological polar surface area (TPSA) is 240 Å². The fourth-order valence-corrected chi connectivity index (χ4v) is 15.6. The Bertz CT molecular complexity index is 7160. The van der Waals surface area contributed by atoms with E-state index in [4.69, 9.17) is 18.9 Å². The van der Waals surface area contributed by atoms with Crippen LogP contribution in [0.5, 0.6) is 28.7 Å². The maximum Gasteiger partial charge on any atom is 0.387 e. The second-order valence-corrected chi connectivity index (χ2v) is 31.7. The van der Waals surface area contributed by atoms with Crippen LogP contribution >= 0.6 is 15.9 Å². The van der Waals surface area contributed by atoms with E-state index in [1.807, 2.05) is 98.6 Å². The zero-order valence-corrected chi connectivity index (χ0v) is 76.5. The average molecular weight is 1950 g/mol. The summed E-state index contributed by atoms with van der Waals surface area (Å²) in [7, 11) is 6.71. The summed E-state index contributed by atoms with van der Waals surface area (Å²) in [6.07, 6.45) is 14.4. The van der Waals surface area contributed by atoms with Crippen molar-refractivity contribution in [1.29, 1.82) is 0 Å². The van der Waals surface area contributed by atoms with E-state index < -0.39 is 62.9 Å². The summed E-state index contributed by atoms with van der Waals surface area (Å²) in [5.74, 6) is -2.14. The van der Waals surface area contributed by atoms with E-state index in [0.29, 0.717) is 56.3 Å². The van der Waals surface area contributed by atoms with Gasteiger partial charge in [0.2, 0.25) is 0 Å². The van der Waals surface area contributed by atoms with Crippen LogP contribution in [0.25, 0.3) is 94.6 Å². The molecule has 5 aromatic heterocycles. The normalized spacial score (nSPS) is 11.3. The summed E-state index contributed by atoms with van der Waals surface area (Å²) in [5.41, 5.74) is 16.2. The van der Waals surface area contributed by atoms with Crippen molar-refractivity contribution in [2.45, 2.75) is 85.9 Å². The number of allylic oxidation sites excluding steroid dienone is 2. The van der Waals surface area contributed by atoms with Gasteiger partial charge in [-0.1, -0.05) is 82.8 Å². The van der Waals surface area contributed by atoms with Gasteiger partial charge in [-0.2, -0.15) is 43.9 Å². The Hall–Kier alpha value is -15.8. The molecule has 0 amide bonds. The monoisotopic (exact) mass is 1950 g/mol. The lowest BCUT2D eigenvalue weighted by Gasteiger charge is -2.09. The number of carbonyl (C=O) groups excluding carboxylic acids is 5. The molecular weight excluding hydrogens is 1860 g/mol. The Morgan fingerprint density at radius 1 is 0.350 bits per heavy atom. The van der Waals surface area contributed by atoms with Crippen molar-refractivity contribution in [3.63, 3.8) is 0 Å². The molecule has 16 aromatic rings. The molecule has 0 saturated carbocycles. The third kappa shape index (κ3) is 24.6. The van der Waals surface area contributed by atoms with Crippen LogP contribution in [0.15, 0.2) is 285 Å². The van der Waals surface area contributed by atoms with E-state index in [1.54, 1.807) is 158 Å². The first-order valence-electron chi connectivity index (χ1n) is 41.8. The number of rotatable bonds is 24. The van der Waals surface area contributed by atoms with Crippen molar-refractivity contribution in [2.75, 3.05) is 35.5 Å². The zero-order chi connectivity index (χ0) is 98.7. The van der Waals surface area contributed by atoms with E-state index >= 15 is 0 Å². The average Bonchev–Trinajstić information content (AvgIpc) is 1.62. The number of aromatic carboxylic acids is 1. The molecule has 0 aliphatic heterocycles. The smallest absolute Gasteiger partial charge is 0.387 e. The summed E-state index contributed by atoms with van der Waals surface area (Å²) in [4.78, 5) is 69.3. The molecule has 0 bridgehead atoms. The number of hydrogen-bond donors (Lipinski definition) is 1. The predicted octanol–water partition coefficient (Wildman–Crippen LogP) is 26.1. The van der Waals surface area contributed by atoms with Gasteiger partial charge in [0.15, 0.2) is 0 Å². The lowest BCUT2D eigenvalue weighted by atomic mass is 10.0. The maximum absolute atomic E-state index is 12.5. The highest BCUT2D eigenvalue weighted by atomic mass is 79.9. The number of aromatic nitrogens is 5. The third-order valence-corrected chi connectivity index (χ3v) is 22.0. The molecule has 33 heteroatoms. The minimum Gasteiger partial charge on any atom is -0.478 e. The second kappa shape index (κ2) is 45.3. The van der Waals surface area contributed by atoms with Gasteiger partial charge in [0.25, 0.3) is 0 Å². The van der Waals surface area contributed by atoms with Crippen LogP contribution in [0.4, 0.5) is 43.9 Å². The number of ether oxygens (including phenoxy) is 10. The molecule has 0 unspecified atom stereocenters. The number of esters is 5. The number of nitrogens with zero attached hydrogens (tertiary/aromatic N) is 5. The molecule has 137 heavy (non-hydrogen) atoms. The van der Waals surface area contributed by atoms with Crippen LogP contribution in [-0.2, 0) is 30.1 Å². The van der Waals surface area contributed by atoms with Gasteiger partial charge in [-0.05, 0) is 239 Å². The van der Waals surface area contributed by atoms with Gasteiger partial charge in [0, 0.05) is 127 Å². The quantitative estimate of drug-likeness (QED) is 0.0336. The Morgan fingerprint density at radius 2 is 0.657 bits per heavy atom. The molecule has 0 spiro atoms. The van der Waals surface area contributed by atoms with Crippen LogP contribution in [-0.4, -0.2) is 132 Å². The maximum atomic E-state index is 12.5. The van der Waals surface area contributed by atoms with Crippen molar-refractivity contribution in [1.82, 2.24) is 22.8 Å². The number of carboxylic acid groups (broad SMARTS) is 1. The van der Waals surface area contributed by atoms with Gasteiger partial charge in [-0.25, -0.2) is 28.8 Å². The van der Waals surface area contributed by atoms with Gasteiger partial charge in [0.1, 0.15) is 28.7 Å². The van der Waals surface area contributed by atoms with Crippen LogP contribution in [0.1, 0.15) is 136 Å². The standard InChI is InChI=1S/C20H19F2NO3.C20H17F2NO3.C19H17F2NO3.C17H12BrF2NO3.C17H13F2NO3.C11H10O2/c2*1-12(2)17-11-23(14-5-4-6-15(10-14)26-20(21)22)18-8-7-13(9-16(17)18)19(24)25-3;1-11(2)16-10-22(13-4-3-5-14(9-13)25-19(20)21)17-7-6-12(18(23)24)8-15(16)17;1-23-16(22)10-5-6-15-13(7-10)14(18)9-21(15)11-3-2-4-12(8-11)24-17(19)20;1-22-16(21)12-5-6-15-11(9-12)7-8-20(15)13-3-2-4-14(10-13)23-17(18)19;1-13-11(12)10-6-5-8-3-2-4-9(8)7-10/h4-12,20H,1-3H3;4-11,20H,1H2,2-3H3;3-11,19H,1-2H3,(H,23,24);2-9,17H,1H3;2-10,17H,1H3;2,4-7H,3H2,1H3. The Balaban J connectivity index is 0.000000149. The Kier molecular flexibility index (Phi) is 33.1. The largest absolute Gasteiger partial charge is 0.478 e. The van der Waals surface area contributed by atoms with E-state index in [1.165, 1.54) is 102 Å². The van der Waals surface area contributed by atoms with Gasteiger partial charge in [0.05, 0.1) is 96.5 Å². The highest BCUT2D eigenvalue weighted by Gasteiger charge is 2.23. The third-order valence-electron chi connectivity index (χ3n) is 21.4. The molecule has 0 atom stereocenters. The van der Waals surface area contributed by atoms with Crippen LogP contribution in [0.2, 0.25) is 0 Å². The number of fused-ring (bicyclic) bond motifs is 6. The molecule has 17 rings (SSSR count). The molecule has 0 fully saturated rings. The summed E-state index contributed by atoms with van der Waals surface area (Å²) < 4.78 is 180. The molecule has 0 radical (unpaired) electrons. The lowest BCUT2D eigenvalue weighted by molar-refractivity contribution is -0.0505. The molecule has 11 aromatic carbocycles. The molecular formula is C104H88BrF10N5O17. The highest BCUT2D eigenvalue weighted by Crippen LogP contribution is 2.39. The Morgan fingerprint density at radius 3 is 1.02 bits per heavy atom. The van der Waals surface area contributed by atoms with Crippen LogP contribution < -0.4 is 23.7 Å².